The summed E-state index contributed by atoms with van der Waals surface area (Å²) < 4.78 is 0. The van der Waals surface area contributed by atoms with Crippen LogP contribution >= 0.6 is 0 Å². The average Bonchev–Trinajstić information content (AvgIpc) is 2.79. The zero-order valence-electron chi connectivity index (χ0n) is 13.0. The number of anilines is 1. The van der Waals surface area contributed by atoms with Crippen LogP contribution < -0.4 is 10.6 Å². The molecule has 1 aliphatic rings. The first-order valence-electron chi connectivity index (χ1n) is 6.90. The quantitative estimate of drug-likeness (QED) is 0.660. The summed E-state index contributed by atoms with van der Waals surface area (Å²) in [5.41, 5.74) is 0.876. The molecule has 0 saturated heterocycles. The Balaban J connectivity index is 2.37. The van der Waals surface area contributed by atoms with Crippen LogP contribution in [-0.2, 0) is 0 Å². The Kier molecular flexibility index (Phi) is 3.43. The lowest BCUT2D eigenvalue weighted by molar-refractivity contribution is -0.384. The van der Waals surface area contributed by atoms with Crippen LogP contribution in [0.2, 0.25) is 0 Å². The third-order valence-corrected chi connectivity index (χ3v) is 5.00. The van der Waals surface area contributed by atoms with E-state index in [1.807, 2.05) is 0 Å². The van der Waals surface area contributed by atoms with E-state index >= 15 is 0 Å². The van der Waals surface area contributed by atoms with Gasteiger partial charge in [-0.1, -0.05) is 27.7 Å². The lowest BCUT2D eigenvalue weighted by atomic mass is 10.0. The van der Waals surface area contributed by atoms with Crippen LogP contribution in [0.5, 0.6) is 0 Å². The molecule has 2 N–H and O–H groups in total. The molecule has 0 aromatic heterocycles. The number of benzene rings is 1. The summed E-state index contributed by atoms with van der Waals surface area (Å²) in [6.45, 7) is 8.50. The summed E-state index contributed by atoms with van der Waals surface area (Å²) in [6.07, 6.45) is 0. The molecular weight excluding hydrogens is 270 g/mol. The van der Waals surface area contributed by atoms with Crippen molar-refractivity contribution in [3.63, 3.8) is 0 Å². The molecule has 2 rings (SSSR count). The van der Waals surface area contributed by atoms with Crippen molar-refractivity contribution in [1.82, 2.24) is 5.32 Å². The molecule has 114 valence electrons. The number of nitro benzene ring substituents is 1. The normalized spacial score (nSPS) is 18.9. The van der Waals surface area contributed by atoms with Gasteiger partial charge in [-0.25, -0.2) is 0 Å². The van der Waals surface area contributed by atoms with Crippen molar-refractivity contribution in [1.29, 1.82) is 0 Å². The standard InChI is InChI=1S/C15H21N3O3/c1-14(2)13(15(14,3)4)17-10-8-9(12(19)16-5)6-7-11(10)18(20)21/h6-8,13,17H,1-5H3,(H,16,19). The number of nitrogens with one attached hydrogen (secondary N) is 2. The lowest BCUT2D eigenvalue weighted by Gasteiger charge is -2.10. The largest absolute Gasteiger partial charge is 0.376 e. The third-order valence-electron chi connectivity index (χ3n) is 5.00. The van der Waals surface area contributed by atoms with E-state index in [4.69, 9.17) is 0 Å². The van der Waals surface area contributed by atoms with Gasteiger partial charge >= 0.3 is 0 Å². The molecule has 0 radical (unpaired) electrons. The van der Waals surface area contributed by atoms with Gasteiger partial charge in [0.2, 0.25) is 0 Å². The molecule has 6 heteroatoms. The Bertz CT molecular complexity index is 594. The summed E-state index contributed by atoms with van der Waals surface area (Å²) in [6, 6.07) is 4.51. The minimum absolute atomic E-state index is 0.0128. The van der Waals surface area contributed by atoms with E-state index in [1.54, 1.807) is 6.07 Å². The molecule has 21 heavy (non-hydrogen) atoms. The second-order valence-corrected chi connectivity index (χ2v) is 6.59. The van der Waals surface area contributed by atoms with Crippen LogP contribution in [0.25, 0.3) is 0 Å². The highest BCUT2D eigenvalue weighted by atomic mass is 16.6. The minimum Gasteiger partial charge on any atom is -0.376 e. The van der Waals surface area contributed by atoms with E-state index in [0.29, 0.717) is 11.3 Å². The zero-order chi connectivity index (χ0) is 16.0. The molecule has 1 fully saturated rings. The molecule has 1 aromatic rings. The first-order chi connectivity index (χ1) is 9.62. The maximum atomic E-state index is 11.7. The van der Waals surface area contributed by atoms with Crippen molar-refractivity contribution in [2.75, 3.05) is 12.4 Å². The van der Waals surface area contributed by atoms with Gasteiger partial charge in [0.1, 0.15) is 5.69 Å². The highest BCUT2D eigenvalue weighted by molar-refractivity contribution is 5.95. The highest BCUT2D eigenvalue weighted by Gasteiger charge is 2.65. The minimum atomic E-state index is -0.432. The maximum absolute atomic E-state index is 11.7. The summed E-state index contributed by atoms with van der Waals surface area (Å²) in [7, 11) is 1.53. The second-order valence-electron chi connectivity index (χ2n) is 6.59. The first-order valence-corrected chi connectivity index (χ1v) is 6.90. The number of carbonyl (C=O) groups is 1. The van der Waals surface area contributed by atoms with Gasteiger partial charge in [0, 0.05) is 24.7 Å². The molecular formula is C15H21N3O3. The predicted octanol–water partition coefficient (Wildman–Crippen LogP) is 2.80. The summed E-state index contributed by atoms with van der Waals surface area (Å²) in [5.74, 6) is -0.262. The fourth-order valence-electron chi connectivity index (χ4n) is 2.81. The number of hydrogen-bond acceptors (Lipinski definition) is 4. The molecule has 0 bridgehead atoms. The molecule has 6 nitrogen and oxygen atoms in total. The number of nitrogens with zero attached hydrogens (tertiary/aromatic N) is 1. The Morgan fingerprint density at radius 1 is 1.24 bits per heavy atom. The zero-order valence-corrected chi connectivity index (χ0v) is 13.0. The van der Waals surface area contributed by atoms with Gasteiger partial charge in [0.15, 0.2) is 0 Å². The number of carbonyl (C=O) groups excluding carboxylic acids is 1. The third kappa shape index (κ3) is 2.34. The number of nitro groups is 1. The molecule has 1 saturated carbocycles. The Labute approximate surface area is 124 Å². The first kappa shape index (κ1) is 15.3. The van der Waals surface area contributed by atoms with E-state index in [9.17, 15) is 14.9 Å². The molecule has 0 spiro atoms. The topological polar surface area (TPSA) is 84.3 Å². The highest BCUT2D eigenvalue weighted by Crippen LogP contribution is 2.64. The van der Waals surface area contributed by atoms with Crippen LogP contribution in [0, 0.1) is 20.9 Å². The lowest BCUT2D eigenvalue weighted by Crippen LogP contribution is -2.19. The van der Waals surface area contributed by atoms with Crippen molar-refractivity contribution in [3.05, 3.63) is 33.9 Å². The average molecular weight is 291 g/mol. The molecule has 0 unspecified atom stereocenters. The van der Waals surface area contributed by atoms with Crippen LogP contribution in [0.4, 0.5) is 11.4 Å². The van der Waals surface area contributed by atoms with E-state index < -0.39 is 4.92 Å². The van der Waals surface area contributed by atoms with Crippen LogP contribution in [-0.4, -0.2) is 23.9 Å². The predicted molar refractivity (Wildman–Crippen MR) is 81.5 cm³/mol. The Morgan fingerprint density at radius 3 is 2.24 bits per heavy atom. The monoisotopic (exact) mass is 291 g/mol. The van der Waals surface area contributed by atoms with Crippen molar-refractivity contribution in [2.24, 2.45) is 10.8 Å². The van der Waals surface area contributed by atoms with Gasteiger partial charge in [-0.3, -0.25) is 14.9 Å². The molecule has 0 atom stereocenters. The number of amides is 1. The number of rotatable bonds is 4. The Hall–Kier alpha value is -2.11. The molecule has 1 amide bonds. The van der Waals surface area contributed by atoms with Gasteiger partial charge in [-0.2, -0.15) is 0 Å². The fraction of sp³-hybridized carbons (Fsp3) is 0.533. The van der Waals surface area contributed by atoms with Gasteiger partial charge in [0.25, 0.3) is 11.6 Å². The molecule has 1 aliphatic carbocycles. The molecule has 0 aliphatic heterocycles. The van der Waals surface area contributed by atoms with Gasteiger partial charge < -0.3 is 10.6 Å². The van der Waals surface area contributed by atoms with E-state index in [-0.39, 0.29) is 28.5 Å². The second kappa shape index (κ2) is 4.72. The van der Waals surface area contributed by atoms with E-state index in [0.717, 1.165) is 0 Å². The van der Waals surface area contributed by atoms with E-state index in [1.165, 1.54) is 19.2 Å². The SMILES string of the molecule is CNC(=O)c1ccc([N+](=O)[O-])c(NC2C(C)(C)C2(C)C)c1. The van der Waals surface area contributed by atoms with Gasteiger partial charge in [0.05, 0.1) is 4.92 Å². The summed E-state index contributed by atoms with van der Waals surface area (Å²) >= 11 is 0. The van der Waals surface area contributed by atoms with Gasteiger partial charge in [-0.05, 0) is 23.0 Å². The van der Waals surface area contributed by atoms with E-state index in [2.05, 4.69) is 38.3 Å². The summed E-state index contributed by atoms with van der Waals surface area (Å²) in [5, 5.41) is 16.9. The number of hydrogen-bond donors (Lipinski definition) is 2. The van der Waals surface area contributed by atoms with Crippen LogP contribution in [0.1, 0.15) is 38.1 Å². The van der Waals surface area contributed by atoms with Crippen LogP contribution in [0.3, 0.4) is 0 Å². The summed E-state index contributed by atoms with van der Waals surface area (Å²) in [4.78, 5) is 22.4. The van der Waals surface area contributed by atoms with Gasteiger partial charge in [-0.15, -0.1) is 0 Å². The van der Waals surface area contributed by atoms with Crippen molar-refractivity contribution in [2.45, 2.75) is 33.7 Å². The fourth-order valence-corrected chi connectivity index (χ4v) is 2.81. The molecule has 1 aromatic carbocycles. The smallest absolute Gasteiger partial charge is 0.292 e. The van der Waals surface area contributed by atoms with Crippen molar-refractivity contribution < 1.29 is 9.72 Å². The van der Waals surface area contributed by atoms with Crippen molar-refractivity contribution in [3.8, 4) is 0 Å². The molecule has 0 heterocycles. The maximum Gasteiger partial charge on any atom is 0.292 e. The van der Waals surface area contributed by atoms with Crippen molar-refractivity contribution >= 4 is 17.3 Å². The Morgan fingerprint density at radius 2 is 1.81 bits per heavy atom. The van der Waals surface area contributed by atoms with Crippen LogP contribution in [0.15, 0.2) is 18.2 Å².